The van der Waals surface area contributed by atoms with Crippen molar-refractivity contribution in [1.29, 1.82) is 0 Å². The molecule has 0 unspecified atom stereocenters. The van der Waals surface area contributed by atoms with Crippen molar-refractivity contribution in [3.05, 3.63) is 9.81 Å². The molecule has 44 heavy (non-hydrogen) atoms. The minimum Gasteiger partial charge on any atom is -0.379 e. The van der Waals surface area contributed by atoms with Crippen LogP contribution in [-0.2, 0) is 28.7 Å². The van der Waals surface area contributed by atoms with E-state index in [1.165, 1.54) is 9.80 Å². The van der Waals surface area contributed by atoms with E-state index in [0.717, 1.165) is 102 Å². The fraction of sp³-hybridized carbons (Fsp3) is 0.714. The molecule has 0 radical (unpaired) electrons. The summed E-state index contributed by atoms with van der Waals surface area (Å²) in [5.41, 5.74) is 0. The normalized spacial score (nSPS) is 21.9. The highest BCUT2D eigenvalue weighted by Crippen LogP contribution is 2.42. The fourth-order valence-electron chi connectivity index (χ4n) is 5.14. The molecule has 4 saturated heterocycles. The number of nitrogens with zero attached hydrogens (tertiary/aromatic N) is 4. The number of hydrogen-bond acceptors (Lipinski definition) is 12. The average Bonchev–Trinajstić information content (AvgIpc) is 3.47. The monoisotopic (exact) mass is 686 g/mol. The van der Waals surface area contributed by atoms with Gasteiger partial charge in [0.1, 0.15) is 8.64 Å². The van der Waals surface area contributed by atoms with Crippen molar-refractivity contribution in [3.63, 3.8) is 0 Å². The lowest BCUT2D eigenvalue weighted by atomic mass is 10.2. The maximum atomic E-state index is 13.2. The second kappa shape index (κ2) is 18.5. The van der Waals surface area contributed by atoms with Crippen LogP contribution in [0.25, 0.3) is 0 Å². The van der Waals surface area contributed by atoms with Gasteiger partial charge in [0.05, 0.1) is 36.2 Å². The third kappa shape index (κ3) is 10.7. The van der Waals surface area contributed by atoms with E-state index in [-0.39, 0.29) is 46.3 Å². The highest BCUT2D eigenvalue weighted by atomic mass is 32.2. The van der Waals surface area contributed by atoms with Crippen LogP contribution in [0.1, 0.15) is 38.5 Å². The number of nitrogens with one attached hydrogen (secondary N) is 2. The van der Waals surface area contributed by atoms with E-state index in [1.54, 1.807) is 0 Å². The van der Waals surface area contributed by atoms with Crippen molar-refractivity contribution in [2.75, 3.05) is 91.9 Å². The largest absolute Gasteiger partial charge is 0.379 e. The molecule has 0 aliphatic carbocycles. The maximum absolute atomic E-state index is 13.2. The number of hydrogen-bond donors (Lipinski definition) is 2. The molecule has 0 atom stereocenters. The SMILES string of the molecule is O=C(CCCN1C(=O)C(=C2SC(=S)N(CCCC(=O)NCCCN3CCOCC3)C2=O)SC1=S)NCCCN1CCOCC1. The van der Waals surface area contributed by atoms with Crippen LogP contribution >= 0.6 is 48.0 Å². The number of thiocarbonyl (C=S) groups is 2. The summed E-state index contributed by atoms with van der Waals surface area (Å²) >= 11 is 13.1. The minimum absolute atomic E-state index is 0.0556. The van der Waals surface area contributed by atoms with Crippen molar-refractivity contribution in [3.8, 4) is 0 Å². The molecular weight excluding hydrogens is 645 g/mol. The maximum Gasteiger partial charge on any atom is 0.267 e. The molecule has 0 aromatic carbocycles. The lowest BCUT2D eigenvalue weighted by Gasteiger charge is -2.26. The van der Waals surface area contributed by atoms with Crippen molar-refractivity contribution in [2.45, 2.75) is 38.5 Å². The van der Waals surface area contributed by atoms with Crippen LogP contribution < -0.4 is 10.6 Å². The van der Waals surface area contributed by atoms with E-state index < -0.39 is 0 Å². The van der Waals surface area contributed by atoms with Gasteiger partial charge in [-0.25, -0.2) is 0 Å². The molecule has 2 N–H and O–H groups in total. The quantitative estimate of drug-likeness (QED) is 0.138. The van der Waals surface area contributed by atoms with Gasteiger partial charge in [0.15, 0.2) is 0 Å². The molecule has 12 nitrogen and oxygen atoms in total. The van der Waals surface area contributed by atoms with Gasteiger partial charge in [-0.15, -0.1) is 0 Å². The zero-order valence-electron chi connectivity index (χ0n) is 25.0. The zero-order valence-corrected chi connectivity index (χ0v) is 28.3. The van der Waals surface area contributed by atoms with Gasteiger partial charge in [0.25, 0.3) is 11.8 Å². The number of rotatable bonds is 16. The Morgan fingerprint density at radius 1 is 0.636 bits per heavy atom. The first kappa shape index (κ1) is 35.2. The Morgan fingerprint density at radius 3 is 1.41 bits per heavy atom. The van der Waals surface area contributed by atoms with Crippen LogP contribution in [0.3, 0.4) is 0 Å². The molecule has 0 aromatic heterocycles. The molecule has 4 heterocycles. The van der Waals surface area contributed by atoms with Gasteiger partial charge in [-0.3, -0.25) is 38.8 Å². The first-order chi connectivity index (χ1) is 21.3. The number of thioether (sulfide) groups is 2. The topological polar surface area (TPSA) is 124 Å². The van der Waals surface area contributed by atoms with Crippen molar-refractivity contribution < 1.29 is 28.7 Å². The first-order valence-electron chi connectivity index (χ1n) is 15.3. The molecule has 0 saturated carbocycles. The van der Waals surface area contributed by atoms with Gasteiger partial charge in [-0.05, 0) is 38.8 Å². The Hall–Kier alpha value is -1.66. The summed E-state index contributed by atoms with van der Waals surface area (Å²) in [6.07, 6.45) is 3.25. The molecule has 4 amide bonds. The van der Waals surface area contributed by atoms with Crippen molar-refractivity contribution >= 4 is 80.2 Å². The molecule has 244 valence electrons. The average molecular weight is 687 g/mol. The summed E-state index contributed by atoms with van der Waals surface area (Å²) < 4.78 is 11.4. The Morgan fingerprint density at radius 2 is 1.02 bits per heavy atom. The van der Waals surface area contributed by atoms with Crippen LogP contribution in [0.2, 0.25) is 0 Å². The zero-order chi connectivity index (χ0) is 31.3. The van der Waals surface area contributed by atoms with Crippen molar-refractivity contribution in [1.82, 2.24) is 30.2 Å². The van der Waals surface area contributed by atoms with Gasteiger partial charge in [-0.1, -0.05) is 48.0 Å². The van der Waals surface area contributed by atoms with Gasteiger partial charge in [0, 0.05) is 65.2 Å². The summed E-state index contributed by atoms with van der Waals surface area (Å²) in [5.74, 6) is -0.773. The van der Waals surface area contributed by atoms with Crippen LogP contribution in [0.4, 0.5) is 0 Å². The number of morpholine rings is 2. The van der Waals surface area contributed by atoms with E-state index >= 15 is 0 Å². The standard InChI is InChI=1S/C28H42N6O6S4/c35-21(29-7-3-9-31-13-17-39-18-14-31)5-1-11-33-25(37)23(43-27(33)41)24-26(38)34(28(42)44-24)12-2-6-22(36)30-8-4-10-32-15-19-40-20-16-32/h1-20H2,(H,29,35)(H,30,36). The number of carbonyl (C=O) groups excluding carboxylic acids is 4. The van der Waals surface area contributed by atoms with Crippen LogP contribution in [0.5, 0.6) is 0 Å². The molecular formula is C28H42N6O6S4. The molecule has 16 heteroatoms. The van der Waals surface area contributed by atoms with Gasteiger partial charge < -0.3 is 20.1 Å². The van der Waals surface area contributed by atoms with Gasteiger partial charge >= 0.3 is 0 Å². The predicted molar refractivity (Wildman–Crippen MR) is 179 cm³/mol. The third-order valence-corrected chi connectivity index (χ3v) is 10.7. The second-order valence-electron chi connectivity index (χ2n) is 10.8. The molecule has 0 bridgehead atoms. The molecule has 4 aliphatic rings. The highest BCUT2D eigenvalue weighted by Gasteiger charge is 2.41. The summed E-state index contributed by atoms with van der Waals surface area (Å²) in [6.45, 7) is 10.4. The minimum atomic E-state index is -0.331. The Bertz CT molecular complexity index is 1030. The number of ether oxygens (including phenoxy) is 2. The van der Waals surface area contributed by atoms with Gasteiger partial charge in [0.2, 0.25) is 11.8 Å². The lowest BCUT2D eigenvalue weighted by Crippen LogP contribution is -2.38. The van der Waals surface area contributed by atoms with Crippen LogP contribution in [-0.4, -0.2) is 144 Å². The van der Waals surface area contributed by atoms with Crippen molar-refractivity contribution in [2.24, 2.45) is 0 Å². The summed E-state index contributed by atoms with van der Waals surface area (Å²) in [7, 11) is 0. The van der Waals surface area contributed by atoms with E-state index in [2.05, 4.69) is 20.4 Å². The third-order valence-electron chi connectivity index (χ3n) is 7.63. The molecule has 0 aromatic rings. The highest BCUT2D eigenvalue weighted by molar-refractivity contribution is 8.29. The Kier molecular flexibility index (Phi) is 14.8. The number of amides is 4. The second-order valence-corrected chi connectivity index (χ2v) is 14.1. The van der Waals surface area contributed by atoms with E-state index in [1.807, 2.05) is 0 Å². The van der Waals surface area contributed by atoms with E-state index in [9.17, 15) is 19.2 Å². The lowest BCUT2D eigenvalue weighted by molar-refractivity contribution is -0.125. The van der Waals surface area contributed by atoms with E-state index in [0.29, 0.717) is 47.7 Å². The Labute approximate surface area is 278 Å². The molecule has 4 aliphatic heterocycles. The fourth-order valence-corrected chi connectivity index (χ4v) is 7.91. The summed E-state index contributed by atoms with van der Waals surface area (Å²) in [6, 6.07) is 0. The summed E-state index contributed by atoms with van der Waals surface area (Å²) in [4.78, 5) is 59.0. The van der Waals surface area contributed by atoms with Crippen LogP contribution in [0, 0.1) is 0 Å². The number of carbonyl (C=O) groups is 4. The smallest absolute Gasteiger partial charge is 0.267 e. The van der Waals surface area contributed by atoms with Gasteiger partial charge in [-0.2, -0.15) is 0 Å². The molecule has 4 rings (SSSR count). The predicted octanol–water partition coefficient (Wildman–Crippen LogP) is 1.16. The van der Waals surface area contributed by atoms with E-state index in [4.69, 9.17) is 33.9 Å². The van der Waals surface area contributed by atoms with Crippen LogP contribution in [0.15, 0.2) is 9.81 Å². The molecule has 4 fully saturated rings. The first-order valence-corrected chi connectivity index (χ1v) is 17.7. The summed E-state index contributed by atoms with van der Waals surface area (Å²) in [5, 5.41) is 5.88. The molecule has 0 spiro atoms. The Balaban J connectivity index is 1.13.